The van der Waals surface area contributed by atoms with Gasteiger partial charge in [-0.25, -0.2) is 0 Å². The minimum Gasteiger partial charge on any atom is -0.494 e. The third-order valence-electron chi connectivity index (χ3n) is 3.04. The molecule has 0 spiro atoms. The normalized spacial score (nSPS) is 10.6. The van der Waals surface area contributed by atoms with E-state index in [4.69, 9.17) is 9.47 Å². The van der Waals surface area contributed by atoms with Crippen LogP contribution in [-0.4, -0.2) is 6.61 Å². The van der Waals surface area contributed by atoms with Crippen molar-refractivity contribution in [1.29, 1.82) is 0 Å². The zero-order valence-corrected chi connectivity index (χ0v) is 12.2. The van der Waals surface area contributed by atoms with Crippen molar-refractivity contribution < 1.29 is 9.47 Å². The lowest BCUT2D eigenvalue weighted by molar-refractivity contribution is 0.286. The van der Waals surface area contributed by atoms with E-state index in [1.54, 1.807) is 0 Å². The molecule has 0 aliphatic rings. The first-order chi connectivity index (χ1) is 9.74. The SMILES string of the molecule is CC(C)CCOc1ccc(OCc2ccccc2)cc1. The lowest BCUT2D eigenvalue weighted by Crippen LogP contribution is -2.01. The Morgan fingerprint density at radius 1 is 0.800 bits per heavy atom. The first-order valence-corrected chi connectivity index (χ1v) is 7.13. The van der Waals surface area contributed by atoms with Crippen molar-refractivity contribution >= 4 is 0 Å². The maximum Gasteiger partial charge on any atom is 0.120 e. The Bertz CT molecular complexity index is 489. The van der Waals surface area contributed by atoms with Crippen LogP contribution in [0.2, 0.25) is 0 Å². The average molecular weight is 270 g/mol. The fourth-order valence-electron chi connectivity index (χ4n) is 1.79. The molecule has 0 aliphatic heterocycles. The molecule has 2 aromatic rings. The molecule has 0 saturated heterocycles. The average Bonchev–Trinajstić information content (AvgIpc) is 2.47. The van der Waals surface area contributed by atoms with E-state index in [2.05, 4.69) is 26.0 Å². The molecular formula is C18H22O2. The van der Waals surface area contributed by atoms with Gasteiger partial charge in [0.1, 0.15) is 18.1 Å². The van der Waals surface area contributed by atoms with E-state index in [1.807, 2.05) is 42.5 Å². The van der Waals surface area contributed by atoms with Gasteiger partial charge in [0.25, 0.3) is 0 Å². The molecule has 0 radical (unpaired) electrons. The maximum absolute atomic E-state index is 5.73. The lowest BCUT2D eigenvalue weighted by Gasteiger charge is -2.09. The van der Waals surface area contributed by atoms with Gasteiger partial charge in [-0.1, -0.05) is 44.2 Å². The molecule has 0 N–H and O–H groups in total. The van der Waals surface area contributed by atoms with Crippen LogP contribution in [0.15, 0.2) is 54.6 Å². The summed E-state index contributed by atoms with van der Waals surface area (Å²) in [6, 6.07) is 18.0. The smallest absolute Gasteiger partial charge is 0.120 e. The van der Waals surface area contributed by atoms with Crippen LogP contribution < -0.4 is 9.47 Å². The van der Waals surface area contributed by atoms with Crippen LogP contribution in [0.4, 0.5) is 0 Å². The Hall–Kier alpha value is -1.96. The first kappa shape index (κ1) is 14.4. The van der Waals surface area contributed by atoms with Gasteiger partial charge in [-0.05, 0) is 42.2 Å². The van der Waals surface area contributed by atoms with Crippen molar-refractivity contribution in [3.63, 3.8) is 0 Å². The van der Waals surface area contributed by atoms with Crippen molar-refractivity contribution in [1.82, 2.24) is 0 Å². The summed E-state index contributed by atoms with van der Waals surface area (Å²) < 4.78 is 11.4. The summed E-state index contributed by atoms with van der Waals surface area (Å²) in [6.45, 7) is 5.75. The quantitative estimate of drug-likeness (QED) is 0.726. The summed E-state index contributed by atoms with van der Waals surface area (Å²) in [5, 5.41) is 0. The number of ether oxygens (including phenoxy) is 2. The van der Waals surface area contributed by atoms with E-state index in [9.17, 15) is 0 Å². The van der Waals surface area contributed by atoms with E-state index < -0.39 is 0 Å². The van der Waals surface area contributed by atoms with Crippen LogP contribution in [0.25, 0.3) is 0 Å². The molecule has 0 amide bonds. The second-order valence-electron chi connectivity index (χ2n) is 5.28. The van der Waals surface area contributed by atoms with Gasteiger partial charge in [0.15, 0.2) is 0 Å². The summed E-state index contributed by atoms with van der Waals surface area (Å²) in [7, 11) is 0. The number of hydrogen-bond donors (Lipinski definition) is 0. The van der Waals surface area contributed by atoms with Crippen molar-refractivity contribution in [2.45, 2.75) is 26.9 Å². The molecule has 0 unspecified atom stereocenters. The van der Waals surface area contributed by atoms with E-state index in [1.165, 1.54) is 5.56 Å². The molecular weight excluding hydrogens is 248 g/mol. The predicted molar refractivity (Wildman–Crippen MR) is 82.2 cm³/mol. The molecule has 106 valence electrons. The van der Waals surface area contributed by atoms with Gasteiger partial charge in [-0.15, -0.1) is 0 Å². The van der Waals surface area contributed by atoms with Gasteiger partial charge in [0.2, 0.25) is 0 Å². The van der Waals surface area contributed by atoms with Crippen LogP contribution in [0, 0.1) is 5.92 Å². The zero-order chi connectivity index (χ0) is 14.2. The molecule has 0 fully saturated rings. The Balaban J connectivity index is 1.79. The standard InChI is InChI=1S/C18H22O2/c1-15(2)12-13-19-17-8-10-18(11-9-17)20-14-16-6-4-3-5-7-16/h3-11,15H,12-14H2,1-2H3. The molecule has 0 heterocycles. The van der Waals surface area contributed by atoms with Crippen molar-refractivity contribution in [3.05, 3.63) is 60.2 Å². The highest BCUT2D eigenvalue weighted by Gasteiger charge is 1.99. The van der Waals surface area contributed by atoms with Gasteiger partial charge in [0, 0.05) is 0 Å². The minimum absolute atomic E-state index is 0.592. The van der Waals surface area contributed by atoms with Gasteiger partial charge < -0.3 is 9.47 Å². The van der Waals surface area contributed by atoms with Crippen LogP contribution in [0.5, 0.6) is 11.5 Å². The van der Waals surface area contributed by atoms with Gasteiger partial charge in [-0.3, -0.25) is 0 Å². The predicted octanol–water partition coefficient (Wildman–Crippen LogP) is 4.69. The Labute approximate surface area is 121 Å². The number of benzene rings is 2. The molecule has 2 nitrogen and oxygen atoms in total. The molecule has 2 aromatic carbocycles. The van der Waals surface area contributed by atoms with E-state index in [0.29, 0.717) is 12.5 Å². The van der Waals surface area contributed by atoms with Gasteiger partial charge >= 0.3 is 0 Å². The fourth-order valence-corrected chi connectivity index (χ4v) is 1.79. The monoisotopic (exact) mass is 270 g/mol. The molecule has 0 aromatic heterocycles. The third-order valence-corrected chi connectivity index (χ3v) is 3.04. The highest BCUT2D eigenvalue weighted by molar-refractivity contribution is 5.31. The van der Waals surface area contributed by atoms with Crippen molar-refractivity contribution in [3.8, 4) is 11.5 Å². The number of hydrogen-bond acceptors (Lipinski definition) is 2. The summed E-state index contributed by atoms with van der Waals surface area (Å²) in [5.74, 6) is 2.44. The van der Waals surface area contributed by atoms with Gasteiger partial charge in [0.05, 0.1) is 6.61 Å². The topological polar surface area (TPSA) is 18.5 Å². The first-order valence-electron chi connectivity index (χ1n) is 7.13. The Kier molecular flexibility index (Phi) is 5.48. The third kappa shape index (κ3) is 4.96. The molecule has 0 aliphatic carbocycles. The van der Waals surface area contributed by atoms with Crippen LogP contribution in [0.3, 0.4) is 0 Å². The Morgan fingerprint density at radius 3 is 2.00 bits per heavy atom. The molecule has 20 heavy (non-hydrogen) atoms. The molecule has 0 saturated carbocycles. The summed E-state index contributed by atoms with van der Waals surface area (Å²) in [5.41, 5.74) is 1.17. The highest BCUT2D eigenvalue weighted by atomic mass is 16.5. The lowest BCUT2D eigenvalue weighted by atomic mass is 10.1. The maximum atomic E-state index is 5.73. The zero-order valence-electron chi connectivity index (χ0n) is 12.2. The summed E-state index contributed by atoms with van der Waals surface area (Å²) in [4.78, 5) is 0. The van der Waals surface area contributed by atoms with Crippen LogP contribution >= 0.6 is 0 Å². The van der Waals surface area contributed by atoms with E-state index >= 15 is 0 Å². The molecule has 2 heteroatoms. The molecule has 2 rings (SSSR count). The van der Waals surface area contributed by atoms with Crippen molar-refractivity contribution in [2.24, 2.45) is 5.92 Å². The molecule has 0 atom stereocenters. The highest BCUT2D eigenvalue weighted by Crippen LogP contribution is 2.19. The van der Waals surface area contributed by atoms with Crippen LogP contribution in [0.1, 0.15) is 25.8 Å². The van der Waals surface area contributed by atoms with Crippen LogP contribution in [-0.2, 0) is 6.61 Å². The fraction of sp³-hybridized carbons (Fsp3) is 0.333. The largest absolute Gasteiger partial charge is 0.494 e. The number of rotatable bonds is 7. The summed E-state index contributed by atoms with van der Waals surface area (Å²) in [6.07, 6.45) is 1.08. The summed E-state index contributed by atoms with van der Waals surface area (Å²) >= 11 is 0. The molecule has 0 bridgehead atoms. The minimum atomic E-state index is 0.592. The van der Waals surface area contributed by atoms with E-state index in [0.717, 1.165) is 24.5 Å². The van der Waals surface area contributed by atoms with Crippen molar-refractivity contribution in [2.75, 3.05) is 6.61 Å². The second-order valence-corrected chi connectivity index (χ2v) is 5.28. The second kappa shape index (κ2) is 7.59. The Morgan fingerprint density at radius 2 is 1.40 bits per heavy atom. The van der Waals surface area contributed by atoms with E-state index in [-0.39, 0.29) is 0 Å². The van der Waals surface area contributed by atoms with Gasteiger partial charge in [-0.2, -0.15) is 0 Å².